The molecule has 0 spiro atoms. The molecule has 0 unspecified atom stereocenters. The number of nitrogens with zero attached hydrogens (tertiary/aromatic N) is 2. The highest BCUT2D eigenvalue weighted by molar-refractivity contribution is 6.34. The zero-order chi connectivity index (χ0) is 33.4. The SMILES string of the molecule is Oc1ccc2c(c1)c1cc(O)ccc1n2-c1ccc2c3ccc(-n4c5ccc(O)cc5c5cc(O)ccc54)c4cccc(c5cccc1c52)c43. The van der Waals surface area contributed by atoms with Gasteiger partial charge in [0.25, 0.3) is 0 Å². The molecule has 11 rings (SSSR count). The van der Waals surface area contributed by atoms with Crippen LogP contribution in [-0.2, 0) is 0 Å². The molecule has 0 saturated carbocycles. The van der Waals surface area contributed by atoms with Gasteiger partial charge < -0.3 is 29.6 Å². The van der Waals surface area contributed by atoms with Crippen molar-refractivity contribution in [3.8, 4) is 34.4 Å². The van der Waals surface area contributed by atoms with Crippen molar-refractivity contribution in [3.05, 3.63) is 133 Å². The van der Waals surface area contributed by atoms with Gasteiger partial charge >= 0.3 is 0 Å². The molecule has 9 aromatic carbocycles. The van der Waals surface area contributed by atoms with Crippen LogP contribution in [0, 0.1) is 0 Å². The molecule has 50 heavy (non-hydrogen) atoms. The van der Waals surface area contributed by atoms with Crippen molar-refractivity contribution < 1.29 is 20.4 Å². The molecule has 0 amide bonds. The Kier molecular flexibility index (Phi) is 5.07. The molecule has 2 aromatic heterocycles. The average molecular weight is 647 g/mol. The molecule has 6 nitrogen and oxygen atoms in total. The first kappa shape index (κ1) is 27.1. The molecule has 0 atom stereocenters. The summed E-state index contributed by atoms with van der Waals surface area (Å²) in [7, 11) is 0. The number of phenols is 4. The summed E-state index contributed by atoms with van der Waals surface area (Å²) in [6.07, 6.45) is 0. The average Bonchev–Trinajstić information content (AvgIpc) is 3.61. The lowest BCUT2D eigenvalue weighted by atomic mass is 9.88. The Morgan fingerprint density at radius 1 is 0.280 bits per heavy atom. The summed E-state index contributed by atoms with van der Waals surface area (Å²) in [5.74, 6) is 0.715. The highest BCUT2D eigenvalue weighted by atomic mass is 16.3. The second-order valence-corrected chi connectivity index (χ2v) is 13.2. The second kappa shape index (κ2) is 9.36. The first-order valence-corrected chi connectivity index (χ1v) is 16.5. The lowest BCUT2D eigenvalue weighted by Gasteiger charge is -2.19. The van der Waals surface area contributed by atoms with Gasteiger partial charge in [-0.25, -0.2) is 0 Å². The summed E-state index contributed by atoms with van der Waals surface area (Å²) in [6.45, 7) is 0. The van der Waals surface area contributed by atoms with Gasteiger partial charge in [0.15, 0.2) is 0 Å². The molecule has 0 aliphatic carbocycles. The van der Waals surface area contributed by atoms with Crippen LogP contribution in [0.15, 0.2) is 133 Å². The van der Waals surface area contributed by atoms with Crippen LogP contribution in [0.2, 0.25) is 0 Å². The molecule has 0 bridgehead atoms. The Morgan fingerprint density at radius 2 is 0.580 bits per heavy atom. The molecule has 2 heterocycles. The van der Waals surface area contributed by atoms with Crippen LogP contribution in [0.4, 0.5) is 0 Å². The van der Waals surface area contributed by atoms with Gasteiger partial charge in [0.2, 0.25) is 0 Å². The molecule has 11 aromatic rings. The summed E-state index contributed by atoms with van der Waals surface area (Å²) in [6, 6.07) is 43.4. The van der Waals surface area contributed by atoms with E-state index in [-0.39, 0.29) is 23.0 Å². The van der Waals surface area contributed by atoms with Gasteiger partial charge in [-0.2, -0.15) is 0 Å². The molecule has 0 fully saturated rings. The van der Waals surface area contributed by atoms with Crippen LogP contribution in [-0.4, -0.2) is 29.6 Å². The molecule has 0 radical (unpaired) electrons. The van der Waals surface area contributed by atoms with Crippen molar-refractivity contribution >= 4 is 86.7 Å². The van der Waals surface area contributed by atoms with E-state index >= 15 is 0 Å². The standard InChI is InChI=1S/C44H26N2O4/c47-23-7-13-39-33(19-23)34-20-24(48)8-14-40(34)45(39)37-17-11-29-30-12-18-38(32-6-2-4-28(44(30)32)27-3-1-5-31(37)43(27)29)46-41-15-9-25(49)21-35(41)36-22-26(50)10-16-42(36)46/h1-22,47-50H. The zero-order valence-corrected chi connectivity index (χ0v) is 26.4. The summed E-state index contributed by atoms with van der Waals surface area (Å²) < 4.78 is 4.45. The molecule has 6 heteroatoms. The fraction of sp³-hybridized carbons (Fsp3) is 0. The largest absolute Gasteiger partial charge is 0.508 e. The number of hydrogen-bond acceptors (Lipinski definition) is 4. The van der Waals surface area contributed by atoms with Crippen LogP contribution in [0.3, 0.4) is 0 Å². The van der Waals surface area contributed by atoms with E-state index in [1.165, 1.54) is 10.8 Å². The first-order chi connectivity index (χ1) is 24.4. The van der Waals surface area contributed by atoms with Crippen molar-refractivity contribution in [2.24, 2.45) is 0 Å². The van der Waals surface area contributed by atoms with Gasteiger partial charge in [0, 0.05) is 32.3 Å². The van der Waals surface area contributed by atoms with Crippen LogP contribution >= 0.6 is 0 Å². The Balaban J connectivity index is 1.25. The van der Waals surface area contributed by atoms with E-state index in [1.54, 1.807) is 48.5 Å². The normalized spacial score (nSPS) is 12.3. The van der Waals surface area contributed by atoms with Gasteiger partial charge in [0.1, 0.15) is 23.0 Å². The minimum atomic E-state index is 0.179. The van der Waals surface area contributed by atoms with Gasteiger partial charge in [-0.3, -0.25) is 0 Å². The van der Waals surface area contributed by atoms with Crippen LogP contribution in [0.1, 0.15) is 0 Å². The summed E-state index contributed by atoms with van der Waals surface area (Å²) in [5.41, 5.74) is 5.82. The fourth-order valence-corrected chi connectivity index (χ4v) is 8.59. The van der Waals surface area contributed by atoms with Crippen LogP contribution in [0.25, 0.3) is 98.1 Å². The highest BCUT2D eigenvalue weighted by Crippen LogP contribution is 2.46. The Hall–Kier alpha value is -6.92. The Labute approximate surface area is 283 Å². The number of aromatic hydroxyl groups is 4. The molecule has 4 N–H and O–H groups in total. The van der Waals surface area contributed by atoms with Crippen LogP contribution in [0.5, 0.6) is 23.0 Å². The fourth-order valence-electron chi connectivity index (χ4n) is 8.59. The maximum Gasteiger partial charge on any atom is 0.116 e. The monoisotopic (exact) mass is 646 g/mol. The maximum atomic E-state index is 10.4. The first-order valence-electron chi connectivity index (χ1n) is 16.5. The van der Waals surface area contributed by atoms with Crippen molar-refractivity contribution in [2.45, 2.75) is 0 Å². The quantitative estimate of drug-likeness (QED) is 0.111. The smallest absolute Gasteiger partial charge is 0.116 e. The van der Waals surface area contributed by atoms with Crippen LogP contribution < -0.4 is 0 Å². The van der Waals surface area contributed by atoms with Crippen molar-refractivity contribution in [2.75, 3.05) is 0 Å². The third-order valence-corrected chi connectivity index (χ3v) is 10.6. The number of phenolic OH excluding ortho intramolecular Hbond substituents is 4. The van der Waals surface area contributed by atoms with Gasteiger partial charge in [0.05, 0.1) is 33.4 Å². The molecular formula is C44H26N2O4. The van der Waals surface area contributed by atoms with Crippen molar-refractivity contribution in [3.63, 3.8) is 0 Å². The second-order valence-electron chi connectivity index (χ2n) is 13.2. The number of fused-ring (bicyclic) bond motifs is 8. The van der Waals surface area contributed by atoms with E-state index in [9.17, 15) is 20.4 Å². The topological polar surface area (TPSA) is 90.8 Å². The molecular weight excluding hydrogens is 620 g/mol. The number of rotatable bonds is 2. The predicted molar refractivity (Wildman–Crippen MR) is 203 cm³/mol. The predicted octanol–water partition coefficient (Wildman–Crippen LogP) is 10.8. The van der Waals surface area contributed by atoms with E-state index in [0.717, 1.165) is 87.3 Å². The highest BCUT2D eigenvalue weighted by Gasteiger charge is 2.21. The van der Waals surface area contributed by atoms with Gasteiger partial charge in [-0.1, -0.05) is 48.5 Å². The molecule has 236 valence electrons. The third-order valence-electron chi connectivity index (χ3n) is 10.6. The van der Waals surface area contributed by atoms with E-state index in [4.69, 9.17) is 0 Å². The lowest BCUT2D eigenvalue weighted by Crippen LogP contribution is -1.98. The maximum absolute atomic E-state index is 10.4. The molecule has 0 aliphatic rings. The summed E-state index contributed by atoms with van der Waals surface area (Å²) in [5, 5.41) is 54.3. The minimum Gasteiger partial charge on any atom is -0.508 e. The van der Waals surface area contributed by atoms with E-state index in [2.05, 4.69) is 69.8 Å². The van der Waals surface area contributed by atoms with Crippen molar-refractivity contribution in [1.29, 1.82) is 0 Å². The Morgan fingerprint density at radius 3 is 0.920 bits per heavy atom. The van der Waals surface area contributed by atoms with E-state index in [0.29, 0.717) is 0 Å². The lowest BCUT2D eigenvalue weighted by molar-refractivity contribution is 0.475. The molecule has 0 aliphatic heterocycles. The van der Waals surface area contributed by atoms with E-state index < -0.39 is 0 Å². The number of aromatic nitrogens is 2. The Bertz CT molecular complexity index is 2900. The van der Waals surface area contributed by atoms with Gasteiger partial charge in [-0.05, 0) is 117 Å². The summed E-state index contributed by atoms with van der Waals surface area (Å²) >= 11 is 0. The number of benzene rings is 9. The van der Waals surface area contributed by atoms with Crippen molar-refractivity contribution in [1.82, 2.24) is 9.13 Å². The van der Waals surface area contributed by atoms with E-state index in [1.807, 2.05) is 24.3 Å². The molecule has 0 saturated heterocycles. The van der Waals surface area contributed by atoms with Gasteiger partial charge in [-0.15, -0.1) is 0 Å². The summed E-state index contributed by atoms with van der Waals surface area (Å²) in [4.78, 5) is 0. The number of hydrogen-bond donors (Lipinski definition) is 4. The minimum absolute atomic E-state index is 0.179. The zero-order valence-electron chi connectivity index (χ0n) is 26.4. The third kappa shape index (κ3) is 3.41.